The molecule has 11 N–H and O–H groups in total. The topological polar surface area (TPSA) is 223 Å². The van der Waals surface area contributed by atoms with Crippen LogP contribution in [0, 0.1) is 69.2 Å². The number of hydrogen-bond acceptors (Lipinski definition) is 11. The van der Waals surface area contributed by atoms with Gasteiger partial charge in [-0.25, -0.2) is 0 Å². The number of aromatic hydroxyl groups is 11. The Morgan fingerprint density at radius 1 is 0.230 bits per heavy atom. The van der Waals surface area contributed by atoms with Gasteiger partial charge >= 0.3 is 0 Å². The first-order chi connectivity index (χ1) is 47.4. The molecule has 0 amide bonds. The summed E-state index contributed by atoms with van der Waals surface area (Å²) in [5, 5.41) is 109. The number of para-hydroxylation sites is 1. The maximum atomic E-state index is 10.8. The second-order valence-electron chi connectivity index (χ2n) is 26.7. The highest BCUT2D eigenvalue weighted by Gasteiger charge is 2.39. The van der Waals surface area contributed by atoms with E-state index in [-0.39, 0.29) is 63.1 Å². The zero-order valence-electron chi connectivity index (χ0n) is 59.0. The van der Waals surface area contributed by atoms with Crippen LogP contribution in [0.25, 0.3) is 0 Å². The van der Waals surface area contributed by atoms with E-state index in [0.717, 1.165) is 111 Å². The van der Waals surface area contributed by atoms with Gasteiger partial charge in [0.15, 0.2) is 0 Å². The Kier molecular flexibility index (Phi) is 21.9. The van der Waals surface area contributed by atoms with E-state index in [4.69, 9.17) is 0 Å². The Labute approximate surface area is 587 Å². The van der Waals surface area contributed by atoms with Crippen molar-refractivity contribution in [3.8, 4) is 63.2 Å². The smallest absolute Gasteiger partial charge is 0.121 e. The number of benzene rings is 12. The van der Waals surface area contributed by atoms with Gasteiger partial charge in [-0.1, -0.05) is 157 Å². The van der Waals surface area contributed by atoms with Gasteiger partial charge in [0.1, 0.15) is 63.2 Å². The Bertz CT molecular complexity index is 4440. The molecule has 0 spiro atoms. The monoisotopic (exact) mass is 1330 g/mol. The number of phenols is 11. The summed E-state index contributed by atoms with van der Waals surface area (Å²) in [6, 6.07) is 72.6. The summed E-state index contributed by atoms with van der Waals surface area (Å²) in [5.74, 6) is 2.76. The third kappa shape index (κ3) is 15.1. The fourth-order valence-electron chi connectivity index (χ4n) is 13.5. The molecule has 0 radical (unpaired) electrons. The summed E-state index contributed by atoms with van der Waals surface area (Å²) in [6.45, 7) is 25.8. The molecule has 0 saturated carbocycles. The molecule has 0 aliphatic carbocycles. The van der Waals surface area contributed by atoms with Gasteiger partial charge in [-0.3, -0.25) is 0 Å². The summed E-state index contributed by atoms with van der Waals surface area (Å²) < 4.78 is 0. The van der Waals surface area contributed by atoms with E-state index < -0.39 is 10.8 Å². The van der Waals surface area contributed by atoms with E-state index in [0.29, 0.717) is 11.5 Å². The third-order valence-electron chi connectivity index (χ3n) is 20.2. The summed E-state index contributed by atoms with van der Waals surface area (Å²) >= 11 is 0. The molecule has 11 nitrogen and oxygen atoms in total. The largest absolute Gasteiger partial charge is 0.508 e. The molecular weight excluding hydrogens is 1240 g/mol. The standard InChI is InChI=1S/C26H30O3.C23H24O3.C21H20O2.C19H16O3/c1-14-12-21(16(3)18(5)24(14)28)26(7,20-10-8-9-11-23(20)27)22-13-15(2)25(29)19(6)17(22)4;1-14-11-17(5-8-20(14)24)23(4,18-6-9-21(25)15(2)12-18)19-7-10-22(26)16(3)13-19;1-15-3-5-16(6-4-15)21(2,17-7-11-19(22)12-8-17)18-9-13-20(23)14-10-18;20-16-7-1-13(2-8-16)19(14-3-9-17(21)10-4-14)15-5-11-18(22)12-6-15/h8-13,27-29H,1-7H3;5-13,24-26H,1-4H3;3-14,22-23H,1-2H3;1-12,19-22H. The first-order valence-electron chi connectivity index (χ1n) is 33.2. The fraction of sp³-hybridized carbons (Fsp3) is 0.191. The van der Waals surface area contributed by atoms with Crippen molar-refractivity contribution in [2.24, 2.45) is 0 Å². The normalized spacial score (nSPS) is 11.4. The highest BCUT2D eigenvalue weighted by Crippen LogP contribution is 2.50. The van der Waals surface area contributed by atoms with Crippen molar-refractivity contribution in [2.45, 2.75) is 112 Å². The molecule has 0 atom stereocenters. The lowest BCUT2D eigenvalue weighted by Gasteiger charge is -2.36. The Morgan fingerprint density at radius 3 is 0.800 bits per heavy atom. The van der Waals surface area contributed by atoms with Crippen LogP contribution in [0.2, 0.25) is 0 Å². The molecule has 12 aromatic carbocycles. The van der Waals surface area contributed by atoms with Crippen LogP contribution < -0.4 is 0 Å². The van der Waals surface area contributed by atoms with Crippen molar-refractivity contribution in [3.63, 3.8) is 0 Å². The van der Waals surface area contributed by atoms with E-state index in [1.165, 1.54) is 11.1 Å². The molecule has 0 aliphatic heterocycles. The van der Waals surface area contributed by atoms with E-state index >= 15 is 0 Å². The average Bonchev–Trinajstić information content (AvgIpc) is 0.696. The maximum absolute atomic E-state index is 10.8. The molecule has 12 rings (SSSR count). The summed E-state index contributed by atoms with van der Waals surface area (Å²) in [7, 11) is 0. The quantitative estimate of drug-likeness (QED) is 0.0517. The lowest BCUT2D eigenvalue weighted by atomic mass is 9.66. The third-order valence-corrected chi connectivity index (χ3v) is 20.2. The molecule has 0 bridgehead atoms. The minimum Gasteiger partial charge on any atom is -0.508 e. The molecule has 0 saturated heterocycles. The average molecular weight is 1340 g/mol. The van der Waals surface area contributed by atoms with E-state index in [1.807, 2.05) is 190 Å². The Morgan fingerprint density at radius 2 is 0.500 bits per heavy atom. The summed E-state index contributed by atoms with van der Waals surface area (Å²) in [5.41, 5.74) is 19.7. The van der Waals surface area contributed by atoms with Crippen LogP contribution >= 0.6 is 0 Å². The number of phenolic OH excluding ortho intramolecular Hbond substituents is 11. The second kappa shape index (κ2) is 30.1. The van der Waals surface area contributed by atoms with Gasteiger partial charge in [0.2, 0.25) is 0 Å². The Hall–Kier alpha value is -11.6. The Balaban J connectivity index is 0.000000156. The first-order valence-corrected chi connectivity index (χ1v) is 33.2. The molecule has 0 aromatic heterocycles. The van der Waals surface area contributed by atoms with E-state index in [9.17, 15) is 56.2 Å². The summed E-state index contributed by atoms with van der Waals surface area (Å²) in [4.78, 5) is 0. The number of hydrogen-bond donors (Lipinski definition) is 11. The SMILES string of the molecule is Cc1cc(C(C)(c2ccc(O)c(C)c2)c2ccc(O)c(C)c2)ccc1O.Cc1cc(C(C)(c2ccccc2O)c2cc(C)c(O)c(C)c2C)c(C)c(C)c1O.Cc1ccc(C(C)(c2ccc(O)cc2)c2ccc(O)cc2)cc1.Oc1ccc(C(c2ccc(O)cc2)c2ccc(O)cc2)cc1. The zero-order chi connectivity index (χ0) is 72.7. The molecule has 0 heterocycles. The van der Waals surface area contributed by atoms with Crippen LogP contribution in [-0.2, 0) is 16.2 Å². The molecule has 100 heavy (non-hydrogen) atoms. The minimum absolute atomic E-state index is 0.0400. The summed E-state index contributed by atoms with van der Waals surface area (Å²) in [6.07, 6.45) is 0. The fourth-order valence-corrected chi connectivity index (χ4v) is 13.5. The maximum Gasteiger partial charge on any atom is 0.121 e. The van der Waals surface area contributed by atoms with Crippen molar-refractivity contribution in [2.75, 3.05) is 0 Å². The van der Waals surface area contributed by atoms with Crippen molar-refractivity contribution in [1.82, 2.24) is 0 Å². The molecular formula is C89H90O11. The van der Waals surface area contributed by atoms with Crippen molar-refractivity contribution in [1.29, 1.82) is 0 Å². The molecule has 0 unspecified atom stereocenters. The van der Waals surface area contributed by atoms with Crippen LogP contribution in [0.3, 0.4) is 0 Å². The molecule has 512 valence electrons. The van der Waals surface area contributed by atoms with Gasteiger partial charge in [-0.15, -0.1) is 0 Å². The van der Waals surface area contributed by atoms with Crippen molar-refractivity contribution in [3.05, 3.63) is 359 Å². The number of rotatable bonds is 12. The minimum atomic E-state index is -0.675. The highest BCUT2D eigenvalue weighted by atomic mass is 16.3. The predicted molar refractivity (Wildman–Crippen MR) is 401 cm³/mol. The first kappa shape index (κ1) is 72.7. The van der Waals surface area contributed by atoms with Crippen LogP contribution in [0.5, 0.6) is 63.2 Å². The van der Waals surface area contributed by atoms with Crippen LogP contribution in [0.15, 0.2) is 237 Å². The zero-order valence-corrected chi connectivity index (χ0v) is 59.0. The molecule has 11 heteroatoms. The highest BCUT2D eigenvalue weighted by molar-refractivity contribution is 5.65. The molecule has 12 aromatic rings. The van der Waals surface area contributed by atoms with Gasteiger partial charge in [0, 0.05) is 27.7 Å². The van der Waals surface area contributed by atoms with Crippen LogP contribution in [0.1, 0.15) is 149 Å². The lowest BCUT2D eigenvalue weighted by molar-refractivity contribution is 0.454. The van der Waals surface area contributed by atoms with Gasteiger partial charge < -0.3 is 56.2 Å². The van der Waals surface area contributed by atoms with Gasteiger partial charge in [-0.2, -0.15) is 0 Å². The van der Waals surface area contributed by atoms with E-state index in [2.05, 4.69) is 52.0 Å². The molecule has 0 fully saturated rings. The van der Waals surface area contributed by atoms with Crippen molar-refractivity contribution >= 4 is 0 Å². The molecule has 0 aliphatic rings. The van der Waals surface area contributed by atoms with Crippen molar-refractivity contribution < 1.29 is 56.2 Å². The second-order valence-corrected chi connectivity index (χ2v) is 26.7. The van der Waals surface area contributed by atoms with Gasteiger partial charge in [-0.05, 0) is 286 Å². The number of aryl methyl sites for hydroxylation is 6. The lowest BCUT2D eigenvalue weighted by Crippen LogP contribution is -2.28. The van der Waals surface area contributed by atoms with Gasteiger partial charge in [0.05, 0.1) is 0 Å². The van der Waals surface area contributed by atoms with Crippen LogP contribution in [-0.4, -0.2) is 56.2 Å². The predicted octanol–water partition coefficient (Wildman–Crippen LogP) is 19.8. The van der Waals surface area contributed by atoms with Gasteiger partial charge in [0.25, 0.3) is 0 Å². The van der Waals surface area contributed by atoms with E-state index in [1.54, 1.807) is 84.9 Å². The van der Waals surface area contributed by atoms with Crippen LogP contribution in [0.4, 0.5) is 0 Å².